The molecule has 2 nitrogen and oxygen atoms in total. The first kappa shape index (κ1) is 9.43. The molecule has 0 spiro atoms. The van der Waals surface area contributed by atoms with Gasteiger partial charge in [0.2, 0.25) is 0 Å². The Morgan fingerprint density at radius 2 is 2.20 bits per heavy atom. The summed E-state index contributed by atoms with van der Waals surface area (Å²) in [6, 6.07) is 8.66. The van der Waals surface area contributed by atoms with Crippen LogP contribution in [0.3, 0.4) is 0 Å². The minimum Gasteiger partial charge on any atom is -0.358 e. The van der Waals surface area contributed by atoms with Crippen molar-refractivity contribution in [3.8, 4) is 0 Å². The lowest BCUT2D eigenvalue weighted by atomic mass is 10.1. The van der Waals surface area contributed by atoms with Gasteiger partial charge in [-0.25, -0.2) is 0 Å². The standard InChI is InChI=1S/C12H13BrN2/c13-10-2-1-8-5-11(15-12(8)6-10)9-3-4-14-7-9/h1-2,5-6,9,14-15H,3-4,7H2/t9-/m1/s1. The van der Waals surface area contributed by atoms with Crippen molar-refractivity contribution in [3.63, 3.8) is 0 Å². The molecule has 15 heavy (non-hydrogen) atoms. The molecule has 1 fully saturated rings. The Kier molecular flexibility index (Phi) is 2.29. The SMILES string of the molecule is Brc1ccc2cc([C@@H]3CCNC3)[nH]c2c1. The van der Waals surface area contributed by atoms with Gasteiger partial charge in [0.05, 0.1) is 0 Å². The molecule has 1 aliphatic heterocycles. The maximum absolute atomic E-state index is 3.51. The molecule has 1 aliphatic rings. The highest BCUT2D eigenvalue weighted by atomic mass is 79.9. The summed E-state index contributed by atoms with van der Waals surface area (Å²) in [7, 11) is 0. The Bertz CT molecular complexity index is 483. The zero-order chi connectivity index (χ0) is 10.3. The van der Waals surface area contributed by atoms with E-state index in [0.717, 1.165) is 17.6 Å². The van der Waals surface area contributed by atoms with Gasteiger partial charge in [-0.3, -0.25) is 0 Å². The van der Waals surface area contributed by atoms with Gasteiger partial charge in [-0.05, 0) is 36.6 Å². The summed E-state index contributed by atoms with van der Waals surface area (Å²) in [4.78, 5) is 3.51. The van der Waals surface area contributed by atoms with E-state index in [0.29, 0.717) is 5.92 Å². The Balaban J connectivity index is 2.05. The number of hydrogen-bond acceptors (Lipinski definition) is 1. The normalized spacial score (nSPS) is 21.3. The van der Waals surface area contributed by atoms with Crippen LogP contribution in [0.5, 0.6) is 0 Å². The van der Waals surface area contributed by atoms with Crippen LogP contribution < -0.4 is 5.32 Å². The molecule has 3 rings (SSSR count). The van der Waals surface area contributed by atoms with Gasteiger partial charge in [0.25, 0.3) is 0 Å². The van der Waals surface area contributed by atoms with Gasteiger partial charge >= 0.3 is 0 Å². The fraction of sp³-hybridized carbons (Fsp3) is 0.333. The molecule has 2 aromatic rings. The van der Waals surface area contributed by atoms with Crippen molar-refractivity contribution >= 4 is 26.8 Å². The average molecular weight is 265 g/mol. The number of nitrogens with one attached hydrogen (secondary N) is 2. The summed E-state index contributed by atoms with van der Waals surface area (Å²) in [5, 5.41) is 4.70. The van der Waals surface area contributed by atoms with Gasteiger partial charge in [0.1, 0.15) is 0 Å². The second-order valence-electron chi connectivity index (χ2n) is 4.15. The van der Waals surface area contributed by atoms with Gasteiger partial charge in [-0.1, -0.05) is 22.0 Å². The molecule has 0 amide bonds. The molecule has 0 bridgehead atoms. The summed E-state index contributed by atoms with van der Waals surface area (Å²) in [5.41, 5.74) is 2.60. The summed E-state index contributed by atoms with van der Waals surface area (Å²) in [5.74, 6) is 0.663. The van der Waals surface area contributed by atoms with Crippen molar-refractivity contribution in [2.75, 3.05) is 13.1 Å². The molecule has 1 aromatic heterocycles. The first-order chi connectivity index (χ1) is 7.33. The largest absolute Gasteiger partial charge is 0.358 e. The van der Waals surface area contributed by atoms with Crippen molar-refractivity contribution in [1.29, 1.82) is 0 Å². The summed E-state index contributed by atoms with van der Waals surface area (Å²) >= 11 is 3.49. The molecule has 78 valence electrons. The van der Waals surface area contributed by atoms with Gasteiger partial charge < -0.3 is 10.3 Å². The zero-order valence-corrected chi connectivity index (χ0v) is 9.97. The maximum atomic E-state index is 3.51. The van der Waals surface area contributed by atoms with Crippen LogP contribution in [0.25, 0.3) is 10.9 Å². The van der Waals surface area contributed by atoms with Crippen molar-refractivity contribution in [2.45, 2.75) is 12.3 Å². The lowest BCUT2D eigenvalue weighted by Crippen LogP contribution is -2.07. The van der Waals surface area contributed by atoms with Crippen LogP contribution in [-0.2, 0) is 0 Å². The highest BCUT2D eigenvalue weighted by molar-refractivity contribution is 9.10. The zero-order valence-electron chi connectivity index (χ0n) is 8.39. The van der Waals surface area contributed by atoms with E-state index >= 15 is 0 Å². The van der Waals surface area contributed by atoms with Crippen molar-refractivity contribution in [1.82, 2.24) is 10.3 Å². The molecule has 0 aliphatic carbocycles. The van der Waals surface area contributed by atoms with Crippen LogP contribution >= 0.6 is 15.9 Å². The third-order valence-electron chi connectivity index (χ3n) is 3.11. The number of benzene rings is 1. The van der Waals surface area contributed by atoms with Crippen LogP contribution in [0.4, 0.5) is 0 Å². The Labute approximate surface area is 97.2 Å². The lowest BCUT2D eigenvalue weighted by Gasteiger charge is -2.03. The second-order valence-corrected chi connectivity index (χ2v) is 5.06. The van der Waals surface area contributed by atoms with E-state index in [1.54, 1.807) is 0 Å². The van der Waals surface area contributed by atoms with Crippen LogP contribution in [0.15, 0.2) is 28.7 Å². The monoisotopic (exact) mass is 264 g/mol. The van der Waals surface area contributed by atoms with Gasteiger partial charge in [-0.2, -0.15) is 0 Å². The van der Waals surface area contributed by atoms with E-state index in [2.05, 4.69) is 50.5 Å². The van der Waals surface area contributed by atoms with E-state index < -0.39 is 0 Å². The van der Waals surface area contributed by atoms with Crippen LogP contribution in [0.2, 0.25) is 0 Å². The molecular weight excluding hydrogens is 252 g/mol. The summed E-state index contributed by atoms with van der Waals surface area (Å²) in [6.07, 6.45) is 1.24. The first-order valence-corrected chi connectivity index (χ1v) is 6.11. The third-order valence-corrected chi connectivity index (χ3v) is 3.60. The predicted molar refractivity (Wildman–Crippen MR) is 66.2 cm³/mol. The van der Waals surface area contributed by atoms with Crippen LogP contribution in [0.1, 0.15) is 18.0 Å². The summed E-state index contributed by atoms with van der Waals surface area (Å²) in [6.45, 7) is 2.25. The number of hydrogen-bond donors (Lipinski definition) is 2. The smallest absolute Gasteiger partial charge is 0.0467 e. The molecule has 0 unspecified atom stereocenters. The van der Waals surface area contributed by atoms with E-state index in [4.69, 9.17) is 0 Å². The van der Waals surface area contributed by atoms with E-state index in [1.807, 2.05) is 0 Å². The van der Waals surface area contributed by atoms with E-state index in [-0.39, 0.29) is 0 Å². The Hall–Kier alpha value is -0.800. The van der Waals surface area contributed by atoms with Crippen LogP contribution in [-0.4, -0.2) is 18.1 Å². The number of H-pyrrole nitrogens is 1. The maximum Gasteiger partial charge on any atom is 0.0467 e. The van der Waals surface area contributed by atoms with Crippen molar-refractivity contribution in [2.24, 2.45) is 0 Å². The predicted octanol–water partition coefficient (Wildman–Crippen LogP) is 3.01. The van der Waals surface area contributed by atoms with Gasteiger partial charge in [0.15, 0.2) is 0 Å². The van der Waals surface area contributed by atoms with Crippen molar-refractivity contribution < 1.29 is 0 Å². The minimum absolute atomic E-state index is 0.663. The number of rotatable bonds is 1. The van der Waals surface area contributed by atoms with E-state index in [1.165, 1.54) is 23.0 Å². The Morgan fingerprint density at radius 3 is 3.00 bits per heavy atom. The quantitative estimate of drug-likeness (QED) is 0.815. The second kappa shape index (κ2) is 3.65. The van der Waals surface area contributed by atoms with E-state index in [9.17, 15) is 0 Å². The summed E-state index contributed by atoms with van der Waals surface area (Å²) < 4.78 is 1.13. The fourth-order valence-corrected chi connectivity index (χ4v) is 2.62. The highest BCUT2D eigenvalue weighted by Gasteiger charge is 2.18. The first-order valence-electron chi connectivity index (χ1n) is 5.32. The highest BCUT2D eigenvalue weighted by Crippen LogP contribution is 2.27. The van der Waals surface area contributed by atoms with Gasteiger partial charge in [-0.15, -0.1) is 0 Å². The molecular formula is C12H13BrN2. The molecule has 3 heteroatoms. The molecule has 0 radical (unpaired) electrons. The lowest BCUT2D eigenvalue weighted by molar-refractivity contribution is 0.743. The minimum atomic E-state index is 0.663. The molecule has 1 atom stereocenters. The third kappa shape index (κ3) is 1.70. The molecule has 1 aromatic carbocycles. The fourth-order valence-electron chi connectivity index (χ4n) is 2.26. The number of fused-ring (bicyclic) bond motifs is 1. The molecule has 2 heterocycles. The molecule has 1 saturated heterocycles. The number of aromatic amines is 1. The van der Waals surface area contributed by atoms with Crippen molar-refractivity contribution in [3.05, 3.63) is 34.4 Å². The number of halogens is 1. The number of aromatic nitrogens is 1. The van der Waals surface area contributed by atoms with Gasteiger partial charge in [0, 0.05) is 28.1 Å². The Morgan fingerprint density at radius 1 is 1.27 bits per heavy atom. The van der Waals surface area contributed by atoms with Crippen LogP contribution in [0, 0.1) is 0 Å². The topological polar surface area (TPSA) is 27.8 Å². The molecule has 2 N–H and O–H groups in total. The molecule has 0 saturated carbocycles. The average Bonchev–Trinajstić information content (AvgIpc) is 2.84.